The van der Waals surface area contributed by atoms with E-state index in [2.05, 4.69) is 15.6 Å². The number of methoxy groups -OCH3 is 1. The van der Waals surface area contributed by atoms with E-state index in [0.29, 0.717) is 33.5 Å². The lowest BCUT2D eigenvalue weighted by Gasteiger charge is -2.12. The molecule has 4 aromatic rings. The van der Waals surface area contributed by atoms with Crippen LogP contribution in [0.15, 0.2) is 65.1 Å². The Hall–Kier alpha value is -3.42. The van der Waals surface area contributed by atoms with Crippen LogP contribution in [-0.2, 0) is 0 Å². The highest BCUT2D eigenvalue weighted by atomic mass is 35.5. The summed E-state index contributed by atoms with van der Waals surface area (Å²) in [5.74, 6) is 0.681. The Kier molecular flexibility index (Phi) is 5.88. The van der Waals surface area contributed by atoms with Gasteiger partial charge in [0.2, 0.25) is 5.89 Å². The number of ether oxygens (including phenoxy) is 1. The molecule has 31 heavy (non-hydrogen) atoms. The van der Waals surface area contributed by atoms with Crippen molar-refractivity contribution in [2.24, 2.45) is 0 Å². The van der Waals surface area contributed by atoms with Gasteiger partial charge in [0.1, 0.15) is 11.3 Å². The van der Waals surface area contributed by atoms with Gasteiger partial charge in [-0.15, -0.1) is 0 Å². The van der Waals surface area contributed by atoms with Crippen molar-refractivity contribution in [1.29, 1.82) is 0 Å². The number of amides is 1. The summed E-state index contributed by atoms with van der Waals surface area (Å²) < 4.78 is 11.0. The molecule has 2 N–H and O–H groups in total. The third kappa shape index (κ3) is 4.68. The van der Waals surface area contributed by atoms with Crippen LogP contribution in [0.4, 0.5) is 5.69 Å². The van der Waals surface area contributed by atoms with Crippen molar-refractivity contribution in [1.82, 2.24) is 10.3 Å². The first-order valence-corrected chi connectivity index (χ1v) is 10.1. The van der Waals surface area contributed by atoms with Crippen LogP contribution in [0, 0.1) is 6.92 Å². The van der Waals surface area contributed by atoms with Gasteiger partial charge in [-0.25, -0.2) is 4.98 Å². The van der Waals surface area contributed by atoms with Crippen LogP contribution in [0.25, 0.3) is 22.6 Å². The largest absolute Gasteiger partial charge is 0.497 e. The minimum absolute atomic E-state index is 0.111. The molecule has 0 unspecified atom stereocenters. The summed E-state index contributed by atoms with van der Waals surface area (Å²) in [5, 5.41) is 6.15. The molecule has 0 radical (unpaired) electrons. The second-order valence-corrected chi connectivity index (χ2v) is 7.64. The monoisotopic (exact) mass is 451 g/mol. The van der Waals surface area contributed by atoms with Gasteiger partial charge in [-0.1, -0.05) is 23.7 Å². The van der Waals surface area contributed by atoms with Gasteiger partial charge in [0.25, 0.3) is 5.91 Å². The first-order valence-electron chi connectivity index (χ1n) is 9.36. The molecule has 0 atom stereocenters. The highest BCUT2D eigenvalue weighted by Gasteiger charge is 2.13. The predicted octanol–water partition coefficient (Wildman–Crippen LogP) is 5.59. The topological polar surface area (TPSA) is 76.4 Å². The van der Waals surface area contributed by atoms with Gasteiger partial charge in [0.05, 0.1) is 17.8 Å². The number of aromatic nitrogens is 1. The zero-order valence-corrected chi connectivity index (χ0v) is 18.3. The van der Waals surface area contributed by atoms with Crippen LogP contribution in [0.5, 0.6) is 5.75 Å². The van der Waals surface area contributed by atoms with Crippen molar-refractivity contribution in [2.45, 2.75) is 6.92 Å². The average Bonchev–Trinajstić information content (AvgIpc) is 3.18. The number of aryl methyl sites for hydroxylation is 1. The lowest BCUT2D eigenvalue weighted by atomic mass is 10.2. The van der Waals surface area contributed by atoms with E-state index < -0.39 is 0 Å². The Morgan fingerprint density at radius 2 is 1.97 bits per heavy atom. The smallest absolute Gasteiger partial charge is 0.257 e. The maximum absolute atomic E-state index is 12.5. The number of halogens is 1. The second-order valence-electron chi connectivity index (χ2n) is 6.83. The molecule has 6 nitrogen and oxygen atoms in total. The Balaban J connectivity index is 1.52. The van der Waals surface area contributed by atoms with E-state index in [9.17, 15) is 4.79 Å². The summed E-state index contributed by atoms with van der Waals surface area (Å²) in [6, 6.07) is 17.9. The molecule has 1 amide bonds. The Morgan fingerprint density at radius 1 is 1.13 bits per heavy atom. The predicted molar refractivity (Wildman–Crippen MR) is 126 cm³/mol. The second kappa shape index (κ2) is 8.75. The van der Waals surface area contributed by atoms with E-state index in [4.69, 9.17) is 33.0 Å². The maximum Gasteiger partial charge on any atom is 0.257 e. The van der Waals surface area contributed by atoms with Gasteiger partial charge in [-0.3, -0.25) is 10.1 Å². The molecule has 0 aliphatic carbocycles. The molecule has 0 fully saturated rings. The van der Waals surface area contributed by atoms with Gasteiger partial charge < -0.3 is 14.5 Å². The molecule has 156 valence electrons. The van der Waals surface area contributed by atoms with E-state index in [-0.39, 0.29) is 11.0 Å². The summed E-state index contributed by atoms with van der Waals surface area (Å²) in [6.45, 7) is 2.00. The quantitative estimate of drug-likeness (QED) is 0.394. The molecule has 8 heteroatoms. The first-order chi connectivity index (χ1) is 14.9. The number of oxazole rings is 1. The molecular weight excluding hydrogens is 434 g/mol. The van der Waals surface area contributed by atoms with E-state index in [1.54, 1.807) is 36.4 Å². The van der Waals surface area contributed by atoms with Crippen LogP contribution in [-0.4, -0.2) is 23.1 Å². The number of hydrogen-bond acceptors (Lipinski definition) is 5. The minimum Gasteiger partial charge on any atom is -0.497 e. The van der Waals surface area contributed by atoms with Crippen molar-refractivity contribution in [2.75, 3.05) is 12.4 Å². The maximum atomic E-state index is 12.5. The molecule has 0 aliphatic rings. The molecule has 0 saturated carbocycles. The zero-order chi connectivity index (χ0) is 22.0. The van der Waals surface area contributed by atoms with Gasteiger partial charge in [0, 0.05) is 11.1 Å². The summed E-state index contributed by atoms with van der Waals surface area (Å²) in [7, 11) is 1.54. The zero-order valence-electron chi connectivity index (χ0n) is 16.7. The molecule has 3 aromatic carbocycles. The highest BCUT2D eigenvalue weighted by Crippen LogP contribution is 2.30. The van der Waals surface area contributed by atoms with Crippen LogP contribution in [0.3, 0.4) is 0 Å². The molecule has 0 bridgehead atoms. The lowest BCUT2D eigenvalue weighted by molar-refractivity contribution is 0.0977. The average molecular weight is 452 g/mol. The number of carbonyl (C=O) groups is 1. The molecule has 0 saturated heterocycles. The summed E-state index contributed by atoms with van der Waals surface area (Å²) in [6.07, 6.45) is 0. The molecule has 1 aromatic heterocycles. The molecule has 1 heterocycles. The highest BCUT2D eigenvalue weighted by molar-refractivity contribution is 7.80. The number of fused-ring (bicyclic) bond motifs is 1. The van der Waals surface area contributed by atoms with E-state index >= 15 is 0 Å². The SMILES string of the molecule is COc1cccc(C(=O)NC(=S)Nc2cc(-c3nc4cc(C)ccc4o3)ccc2Cl)c1. The number of hydrogen-bond donors (Lipinski definition) is 2. The number of nitrogens with zero attached hydrogens (tertiary/aromatic N) is 1. The van der Waals surface area contributed by atoms with Gasteiger partial charge in [-0.2, -0.15) is 0 Å². The number of carbonyl (C=O) groups excluding carboxylic acids is 1. The molecule has 0 spiro atoms. The number of thiocarbonyl (C=S) groups is 1. The standard InChI is InChI=1S/C23H18ClN3O3S/c1-13-6-9-20-19(10-13)25-22(30-20)15-7-8-17(24)18(12-15)26-23(31)27-21(28)14-4-3-5-16(11-14)29-2/h3-12H,1-2H3,(H2,26,27,28,31). The fourth-order valence-corrected chi connectivity index (χ4v) is 3.38. The van der Waals surface area contributed by atoms with Crippen molar-refractivity contribution < 1.29 is 13.9 Å². The van der Waals surface area contributed by atoms with Crippen LogP contribution < -0.4 is 15.4 Å². The number of benzene rings is 3. The van der Waals surface area contributed by atoms with E-state index in [1.807, 2.05) is 31.2 Å². The van der Waals surface area contributed by atoms with E-state index in [0.717, 1.165) is 16.6 Å². The first kappa shape index (κ1) is 20.8. The van der Waals surface area contributed by atoms with Gasteiger partial charge in [0.15, 0.2) is 10.7 Å². The normalized spacial score (nSPS) is 10.7. The fourth-order valence-electron chi connectivity index (χ4n) is 3.01. The number of rotatable bonds is 4. The summed E-state index contributed by atoms with van der Waals surface area (Å²) in [4.78, 5) is 17.0. The molecular formula is C23H18ClN3O3S. The summed E-state index contributed by atoms with van der Waals surface area (Å²) in [5.41, 5.74) is 4.25. The minimum atomic E-state index is -0.363. The number of nitrogens with one attached hydrogen (secondary N) is 2. The third-order valence-electron chi connectivity index (χ3n) is 4.56. The van der Waals surface area contributed by atoms with Crippen molar-refractivity contribution in [3.05, 3.63) is 76.8 Å². The Labute approximate surface area is 189 Å². The molecule has 0 aliphatic heterocycles. The van der Waals surface area contributed by atoms with Crippen molar-refractivity contribution in [3.8, 4) is 17.2 Å². The van der Waals surface area contributed by atoms with E-state index in [1.165, 1.54) is 7.11 Å². The van der Waals surface area contributed by atoms with Gasteiger partial charge >= 0.3 is 0 Å². The van der Waals surface area contributed by atoms with Crippen molar-refractivity contribution in [3.63, 3.8) is 0 Å². The number of anilines is 1. The van der Waals surface area contributed by atoms with Crippen LogP contribution in [0.1, 0.15) is 15.9 Å². The molecule has 4 rings (SSSR count). The van der Waals surface area contributed by atoms with Crippen LogP contribution in [0.2, 0.25) is 5.02 Å². The fraction of sp³-hybridized carbons (Fsp3) is 0.0870. The summed E-state index contributed by atoms with van der Waals surface area (Å²) >= 11 is 11.6. The van der Waals surface area contributed by atoms with Crippen LogP contribution >= 0.6 is 23.8 Å². The van der Waals surface area contributed by atoms with Crippen molar-refractivity contribution >= 4 is 51.6 Å². The Morgan fingerprint density at radius 3 is 2.77 bits per heavy atom. The van der Waals surface area contributed by atoms with Gasteiger partial charge in [-0.05, 0) is 73.2 Å². The lowest BCUT2D eigenvalue weighted by Crippen LogP contribution is -2.34. The Bertz CT molecular complexity index is 1300. The third-order valence-corrected chi connectivity index (χ3v) is 5.10.